The Bertz CT molecular complexity index is 2640. The van der Waals surface area contributed by atoms with Crippen LogP contribution in [0.15, 0.2) is 85.3 Å². The van der Waals surface area contributed by atoms with Crippen LogP contribution in [-0.4, -0.2) is 115 Å². The first-order valence-corrected chi connectivity index (χ1v) is 23.6. The number of piperazine rings is 1. The first-order chi connectivity index (χ1) is 33.3. The first kappa shape index (κ1) is 50.9. The van der Waals surface area contributed by atoms with E-state index in [9.17, 15) is 28.3 Å². The number of terminal acetylenes is 1. The highest BCUT2D eigenvalue weighted by molar-refractivity contribution is 5.90. The third-order valence-corrected chi connectivity index (χ3v) is 12.5. The fraction of sp³-hybridized carbons (Fsp3) is 0.442. The van der Waals surface area contributed by atoms with Gasteiger partial charge in [0, 0.05) is 63.1 Å². The number of hydrogen-bond acceptors (Lipinski definition) is 12. The molecule has 2 aromatic carbocycles. The molecule has 3 amide bonds. The number of carbonyl (C=O) groups is 3. The summed E-state index contributed by atoms with van der Waals surface area (Å²) in [6, 6.07) is 16.3. The van der Waals surface area contributed by atoms with E-state index in [-0.39, 0.29) is 66.5 Å². The third-order valence-electron chi connectivity index (χ3n) is 12.5. The second kappa shape index (κ2) is 22.2. The number of hydrogen-bond donors (Lipinski definition) is 4. The number of nitrogens with zero attached hydrogens (tertiary/aromatic N) is 8. The Hall–Kier alpha value is -6.97. The van der Waals surface area contributed by atoms with Crippen molar-refractivity contribution in [2.75, 3.05) is 49.5 Å². The number of β-amino-alcohol motifs (C(OH)–C–C–N with tert-alkyl or cyclic N) is 1. The van der Waals surface area contributed by atoms with Crippen LogP contribution in [0.2, 0.25) is 0 Å². The molecule has 0 bridgehead atoms. The predicted octanol–water partition coefficient (Wildman–Crippen LogP) is 6.60. The molecule has 16 nitrogen and oxygen atoms in total. The Kier molecular flexibility index (Phi) is 16.1. The van der Waals surface area contributed by atoms with Crippen LogP contribution < -0.4 is 26.0 Å². The number of likely N-dealkylation sites (tertiary alicyclic amines) is 1. The van der Waals surface area contributed by atoms with Gasteiger partial charge >= 0.3 is 0 Å². The van der Waals surface area contributed by atoms with Gasteiger partial charge in [-0.2, -0.15) is 0 Å². The highest BCUT2D eigenvalue weighted by Gasteiger charge is 2.43. The molecular formula is C52H63F2N11O5. The number of amides is 3. The highest BCUT2D eigenvalue weighted by atomic mass is 19.3. The van der Waals surface area contributed by atoms with Crippen molar-refractivity contribution in [3.63, 3.8) is 0 Å². The van der Waals surface area contributed by atoms with Gasteiger partial charge in [0.1, 0.15) is 36.1 Å². The molecule has 5 N–H and O–H groups in total. The van der Waals surface area contributed by atoms with Crippen molar-refractivity contribution in [2.24, 2.45) is 17.1 Å². The zero-order chi connectivity index (χ0) is 50.3. The number of benzene rings is 2. The van der Waals surface area contributed by atoms with E-state index in [1.807, 2.05) is 26.0 Å². The van der Waals surface area contributed by atoms with Gasteiger partial charge in [-0.3, -0.25) is 14.4 Å². The van der Waals surface area contributed by atoms with Gasteiger partial charge in [0.2, 0.25) is 17.7 Å². The first-order valence-electron chi connectivity index (χ1n) is 23.6. The third kappa shape index (κ3) is 12.8. The van der Waals surface area contributed by atoms with E-state index in [2.05, 4.69) is 62.5 Å². The zero-order valence-electron chi connectivity index (χ0n) is 40.6. The topological polar surface area (TPSA) is 197 Å². The molecule has 370 valence electrons. The minimum absolute atomic E-state index is 0.0171. The molecule has 5 heterocycles. The second-order valence-electron chi connectivity index (χ2n) is 19.7. The lowest BCUT2D eigenvalue weighted by Gasteiger charge is -2.36. The molecule has 5 aromatic rings. The van der Waals surface area contributed by atoms with Gasteiger partial charge in [0.15, 0.2) is 0 Å². The Morgan fingerprint density at radius 2 is 1.71 bits per heavy atom. The molecule has 3 aromatic heterocycles. The van der Waals surface area contributed by atoms with Crippen molar-refractivity contribution in [1.82, 2.24) is 40.1 Å². The van der Waals surface area contributed by atoms with Crippen LogP contribution in [0, 0.1) is 30.6 Å². The number of ether oxygens (including phenoxy) is 1. The van der Waals surface area contributed by atoms with E-state index in [0.717, 1.165) is 5.82 Å². The molecule has 7 rings (SSSR count). The van der Waals surface area contributed by atoms with Gasteiger partial charge in [-0.1, -0.05) is 64.0 Å². The lowest BCUT2D eigenvalue weighted by atomic mass is 9.89. The summed E-state index contributed by atoms with van der Waals surface area (Å²) < 4.78 is 35.7. The van der Waals surface area contributed by atoms with Crippen LogP contribution >= 0.6 is 0 Å². The number of aliphatic hydroxyl groups excluding tert-OH is 1. The van der Waals surface area contributed by atoms with E-state index in [1.165, 1.54) is 15.6 Å². The van der Waals surface area contributed by atoms with Gasteiger partial charge in [-0.15, -0.1) is 11.5 Å². The number of aliphatic hydroxyl groups is 1. The predicted molar refractivity (Wildman–Crippen MR) is 263 cm³/mol. The SMILES string of the molecule is C#Cc1ccc([C@H](CC(=O)N2CCN(c3ccc(Nc4cc(-c5ccc(OC[C@@H](N)CC(C)(C)C)c(C(F)F)c5)ccn4)cn3)CC2)NC(=O)[C@@H]2C[C@@H](O)CN2C(=O)C(C(C)C)n2cc(C)nn2)cc1. The van der Waals surface area contributed by atoms with E-state index < -0.39 is 36.6 Å². The summed E-state index contributed by atoms with van der Waals surface area (Å²) in [5.41, 5.74) is 9.87. The van der Waals surface area contributed by atoms with Crippen molar-refractivity contribution in [3.05, 3.63) is 108 Å². The van der Waals surface area contributed by atoms with E-state index in [4.69, 9.17) is 16.9 Å². The Balaban J connectivity index is 0.961. The smallest absolute Gasteiger partial charge is 0.267 e. The lowest BCUT2D eigenvalue weighted by molar-refractivity contribution is -0.143. The molecule has 2 saturated heterocycles. The molecule has 5 atom stereocenters. The van der Waals surface area contributed by atoms with E-state index in [1.54, 1.807) is 78.9 Å². The van der Waals surface area contributed by atoms with Gasteiger partial charge in [-0.05, 0) is 89.9 Å². The van der Waals surface area contributed by atoms with Crippen LogP contribution in [-0.2, 0) is 14.4 Å². The van der Waals surface area contributed by atoms with Crippen LogP contribution in [0.5, 0.6) is 5.75 Å². The molecule has 0 saturated carbocycles. The molecular weight excluding hydrogens is 897 g/mol. The quantitative estimate of drug-likeness (QED) is 0.0730. The van der Waals surface area contributed by atoms with E-state index in [0.29, 0.717) is 72.1 Å². The summed E-state index contributed by atoms with van der Waals surface area (Å²) in [5, 5.41) is 25.2. The summed E-state index contributed by atoms with van der Waals surface area (Å²) in [7, 11) is 0. The number of anilines is 3. The number of aryl methyl sites for hydroxylation is 1. The molecule has 18 heteroatoms. The van der Waals surface area contributed by atoms with Crippen molar-refractivity contribution in [3.8, 4) is 29.2 Å². The van der Waals surface area contributed by atoms with Crippen LogP contribution in [0.4, 0.5) is 26.1 Å². The number of alkyl halides is 2. The van der Waals surface area contributed by atoms with Crippen LogP contribution in [0.1, 0.15) is 94.8 Å². The summed E-state index contributed by atoms with van der Waals surface area (Å²) in [6.45, 7) is 13.7. The van der Waals surface area contributed by atoms with Crippen molar-refractivity contribution >= 4 is 35.0 Å². The molecule has 2 aliphatic rings. The molecule has 2 fully saturated rings. The van der Waals surface area contributed by atoms with Crippen molar-refractivity contribution in [2.45, 2.75) is 97.5 Å². The van der Waals surface area contributed by atoms with E-state index >= 15 is 0 Å². The molecule has 0 spiro atoms. The summed E-state index contributed by atoms with van der Waals surface area (Å²) in [6.07, 6.45) is 7.61. The largest absolute Gasteiger partial charge is 0.491 e. The van der Waals surface area contributed by atoms with Crippen molar-refractivity contribution < 1.29 is 33.0 Å². The Morgan fingerprint density at radius 3 is 2.34 bits per heavy atom. The fourth-order valence-corrected chi connectivity index (χ4v) is 9.05. The lowest BCUT2D eigenvalue weighted by Crippen LogP contribution is -2.51. The number of halogens is 2. The Morgan fingerprint density at radius 1 is 0.986 bits per heavy atom. The monoisotopic (exact) mass is 959 g/mol. The standard InChI is InChI=1S/C52H63F2N11O5/c1-8-34-9-11-35(12-10-34)42(59-50(68)43-25-40(66)30-64(43)51(69)48(32(2)3)65-29-33(4)60-61-65)26-47(67)63-21-19-62(20-22-63)46-16-14-39(28-57-46)58-45-24-37(17-18-56-45)36-13-15-44(41(23-36)49(53)54)70-31-38(55)27-52(5,6)7/h1,9-18,23-24,28-29,32,38,40,42-43,48-49,66H,19-22,25-27,30-31,55H2,2-7H3,(H,56,58)(H,59,68)/t38-,40+,42-,43-,48?/m0/s1. The van der Waals surface area contributed by atoms with Gasteiger partial charge in [-0.25, -0.2) is 23.4 Å². The average molecular weight is 960 g/mol. The second-order valence-corrected chi connectivity index (χ2v) is 19.7. The number of aromatic nitrogens is 5. The molecule has 1 unspecified atom stereocenters. The van der Waals surface area contributed by atoms with Gasteiger partial charge in [0.25, 0.3) is 6.43 Å². The maximum Gasteiger partial charge on any atom is 0.267 e. The number of nitrogens with two attached hydrogens (primary N) is 1. The fourth-order valence-electron chi connectivity index (χ4n) is 9.05. The molecule has 70 heavy (non-hydrogen) atoms. The number of pyridine rings is 2. The zero-order valence-corrected chi connectivity index (χ0v) is 40.6. The highest BCUT2D eigenvalue weighted by Crippen LogP contribution is 2.35. The molecule has 2 aliphatic heterocycles. The minimum atomic E-state index is -2.75. The van der Waals surface area contributed by atoms with Crippen molar-refractivity contribution in [1.29, 1.82) is 0 Å². The maximum atomic E-state index is 14.2. The normalized spacial score (nSPS) is 17.6. The van der Waals surface area contributed by atoms with Crippen LogP contribution in [0.25, 0.3) is 11.1 Å². The summed E-state index contributed by atoms with van der Waals surface area (Å²) in [5.74, 6) is 2.73. The summed E-state index contributed by atoms with van der Waals surface area (Å²) in [4.78, 5) is 56.6. The van der Waals surface area contributed by atoms with Gasteiger partial charge < -0.3 is 40.9 Å². The van der Waals surface area contributed by atoms with Gasteiger partial charge in [0.05, 0.1) is 41.7 Å². The Labute approximate surface area is 408 Å². The number of rotatable bonds is 17. The minimum Gasteiger partial charge on any atom is -0.491 e. The van der Waals surface area contributed by atoms with Crippen LogP contribution in [0.3, 0.4) is 0 Å². The number of carbonyl (C=O) groups excluding carboxylic acids is 3. The summed E-state index contributed by atoms with van der Waals surface area (Å²) >= 11 is 0. The average Bonchev–Trinajstić information content (AvgIpc) is 3.95. The maximum absolute atomic E-state index is 14.2. The number of nitrogens with one attached hydrogen (secondary N) is 2. The molecule has 0 aliphatic carbocycles. The molecule has 0 radical (unpaired) electrons.